The minimum absolute atomic E-state index is 0.0190. The third-order valence-electron chi connectivity index (χ3n) is 3.22. The lowest BCUT2D eigenvalue weighted by Gasteiger charge is -2.22. The number of aryl methyl sites for hydroxylation is 2. The molecule has 0 fully saturated rings. The van der Waals surface area contributed by atoms with Crippen molar-refractivity contribution in [3.8, 4) is 0 Å². The Balaban J connectivity index is 2.21. The number of hydrogen-bond donors (Lipinski definition) is 1. The summed E-state index contributed by atoms with van der Waals surface area (Å²) in [5.74, 6) is 0.298. The summed E-state index contributed by atoms with van der Waals surface area (Å²) >= 11 is 1.45. The summed E-state index contributed by atoms with van der Waals surface area (Å²) in [6.07, 6.45) is 0. The van der Waals surface area contributed by atoms with Crippen LogP contribution in [-0.2, 0) is 0 Å². The Hall–Kier alpha value is -1.68. The van der Waals surface area contributed by atoms with Crippen molar-refractivity contribution in [3.05, 3.63) is 51.5 Å². The molecule has 0 aliphatic rings. The van der Waals surface area contributed by atoms with Crippen LogP contribution in [0.5, 0.6) is 0 Å². The monoisotopic (exact) mass is 288 g/mol. The summed E-state index contributed by atoms with van der Waals surface area (Å²) in [7, 11) is 0. The second kappa shape index (κ2) is 6.18. The number of hydrogen-bond acceptors (Lipinski definition) is 3. The molecule has 0 saturated heterocycles. The van der Waals surface area contributed by atoms with E-state index >= 15 is 0 Å². The fourth-order valence-electron chi connectivity index (χ4n) is 2.24. The molecular formula is C16H20N2OS. The predicted molar refractivity (Wildman–Crippen MR) is 83.1 cm³/mol. The maximum Gasteiger partial charge on any atom is 0.263 e. The molecule has 1 N–H and O–H groups in total. The van der Waals surface area contributed by atoms with Gasteiger partial charge in [0.15, 0.2) is 0 Å². The fraction of sp³-hybridized carbons (Fsp3) is 0.375. The predicted octanol–water partition coefficient (Wildman–Crippen LogP) is 3.89. The summed E-state index contributed by atoms with van der Waals surface area (Å²) in [4.78, 5) is 17.5. The summed E-state index contributed by atoms with van der Waals surface area (Å²) in [6.45, 7) is 8.03. The van der Waals surface area contributed by atoms with Crippen molar-refractivity contribution in [3.63, 3.8) is 0 Å². The highest BCUT2D eigenvalue weighted by Gasteiger charge is 2.21. The van der Waals surface area contributed by atoms with Crippen LogP contribution in [-0.4, -0.2) is 10.9 Å². The van der Waals surface area contributed by atoms with Crippen LogP contribution >= 0.6 is 11.3 Å². The van der Waals surface area contributed by atoms with Crippen molar-refractivity contribution in [2.75, 3.05) is 0 Å². The number of thiazole rings is 1. The molecule has 0 saturated carbocycles. The summed E-state index contributed by atoms with van der Waals surface area (Å²) in [5, 5.41) is 4.06. The van der Waals surface area contributed by atoms with Crippen molar-refractivity contribution >= 4 is 17.2 Å². The minimum Gasteiger partial charge on any atom is -0.344 e. The van der Waals surface area contributed by atoms with E-state index in [9.17, 15) is 4.79 Å². The van der Waals surface area contributed by atoms with Gasteiger partial charge in [-0.1, -0.05) is 44.2 Å². The molecule has 106 valence electrons. The molecular weight excluding hydrogens is 268 g/mol. The zero-order valence-electron chi connectivity index (χ0n) is 12.3. The van der Waals surface area contributed by atoms with Crippen LogP contribution in [0.1, 0.15) is 45.8 Å². The first kappa shape index (κ1) is 14.7. The zero-order valence-corrected chi connectivity index (χ0v) is 13.1. The van der Waals surface area contributed by atoms with Crippen molar-refractivity contribution in [1.29, 1.82) is 0 Å². The highest BCUT2D eigenvalue weighted by Crippen LogP contribution is 2.24. The van der Waals surface area contributed by atoms with Gasteiger partial charge in [-0.25, -0.2) is 4.98 Å². The van der Waals surface area contributed by atoms with Gasteiger partial charge in [-0.15, -0.1) is 11.3 Å². The van der Waals surface area contributed by atoms with Gasteiger partial charge < -0.3 is 5.32 Å². The summed E-state index contributed by atoms with van der Waals surface area (Å²) in [6, 6.07) is 10.1. The summed E-state index contributed by atoms with van der Waals surface area (Å²) in [5.41, 5.74) is 1.94. The van der Waals surface area contributed by atoms with E-state index < -0.39 is 0 Å². The van der Waals surface area contributed by atoms with Gasteiger partial charge in [-0.2, -0.15) is 0 Å². The Kier molecular flexibility index (Phi) is 4.55. The lowest BCUT2D eigenvalue weighted by molar-refractivity contribution is 0.0929. The number of rotatable bonds is 4. The molecule has 1 aromatic heterocycles. The third-order valence-corrected chi connectivity index (χ3v) is 4.29. The number of nitrogens with zero attached hydrogens (tertiary/aromatic N) is 1. The molecule has 0 aliphatic heterocycles. The van der Waals surface area contributed by atoms with E-state index in [0.717, 1.165) is 16.3 Å². The zero-order chi connectivity index (χ0) is 14.7. The molecule has 0 radical (unpaired) electrons. The first-order valence-electron chi connectivity index (χ1n) is 6.79. The van der Waals surface area contributed by atoms with E-state index in [1.807, 2.05) is 32.0 Å². The van der Waals surface area contributed by atoms with Crippen LogP contribution < -0.4 is 5.32 Å². The van der Waals surface area contributed by atoms with Crippen LogP contribution in [0.25, 0.3) is 0 Å². The summed E-state index contributed by atoms with van der Waals surface area (Å²) < 4.78 is 0. The van der Waals surface area contributed by atoms with E-state index in [-0.39, 0.29) is 11.9 Å². The number of carbonyl (C=O) groups excluding carboxylic acids is 1. The highest BCUT2D eigenvalue weighted by molar-refractivity contribution is 7.13. The SMILES string of the molecule is Cc1nc(C)c(C(=O)NC(c2ccccc2)C(C)C)s1. The molecule has 2 rings (SSSR count). The smallest absolute Gasteiger partial charge is 0.263 e. The van der Waals surface area contributed by atoms with Gasteiger partial charge in [-0.3, -0.25) is 4.79 Å². The third kappa shape index (κ3) is 3.25. The van der Waals surface area contributed by atoms with Gasteiger partial charge in [0.2, 0.25) is 0 Å². The molecule has 1 unspecified atom stereocenters. The van der Waals surface area contributed by atoms with Crippen LogP contribution in [0.15, 0.2) is 30.3 Å². The molecule has 0 aliphatic carbocycles. The maximum absolute atomic E-state index is 12.4. The number of carbonyl (C=O) groups is 1. The van der Waals surface area contributed by atoms with Crippen LogP contribution in [0.3, 0.4) is 0 Å². The second-order valence-electron chi connectivity index (χ2n) is 5.25. The van der Waals surface area contributed by atoms with E-state index in [1.54, 1.807) is 0 Å². The van der Waals surface area contributed by atoms with E-state index in [0.29, 0.717) is 10.8 Å². The Morgan fingerprint density at radius 2 is 1.85 bits per heavy atom. The van der Waals surface area contributed by atoms with Gasteiger partial charge in [0.1, 0.15) is 4.88 Å². The van der Waals surface area contributed by atoms with E-state index in [4.69, 9.17) is 0 Å². The maximum atomic E-state index is 12.4. The van der Waals surface area contributed by atoms with Gasteiger partial charge in [0.05, 0.1) is 16.7 Å². The van der Waals surface area contributed by atoms with E-state index in [2.05, 4.69) is 36.3 Å². The van der Waals surface area contributed by atoms with Gasteiger partial charge in [0.25, 0.3) is 5.91 Å². The quantitative estimate of drug-likeness (QED) is 0.927. The fourth-order valence-corrected chi connectivity index (χ4v) is 3.07. The van der Waals surface area contributed by atoms with Gasteiger partial charge >= 0.3 is 0 Å². The lowest BCUT2D eigenvalue weighted by Crippen LogP contribution is -2.31. The molecule has 1 aromatic carbocycles. The second-order valence-corrected chi connectivity index (χ2v) is 6.46. The van der Waals surface area contributed by atoms with Crippen LogP contribution in [0.2, 0.25) is 0 Å². The first-order chi connectivity index (χ1) is 9.49. The van der Waals surface area contributed by atoms with Gasteiger partial charge in [-0.05, 0) is 25.3 Å². The molecule has 1 atom stereocenters. The van der Waals surface area contributed by atoms with Crippen molar-refractivity contribution < 1.29 is 4.79 Å². The number of benzene rings is 1. The van der Waals surface area contributed by atoms with E-state index in [1.165, 1.54) is 11.3 Å². The number of aromatic nitrogens is 1. The molecule has 20 heavy (non-hydrogen) atoms. The Bertz CT molecular complexity index is 590. The van der Waals surface area contributed by atoms with Crippen LogP contribution in [0, 0.1) is 19.8 Å². The minimum atomic E-state index is -0.0318. The number of amides is 1. The standard InChI is InChI=1S/C16H20N2OS/c1-10(2)14(13-8-6-5-7-9-13)18-16(19)15-11(3)17-12(4)20-15/h5-10,14H,1-4H3,(H,18,19). The number of nitrogens with one attached hydrogen (secondary N) is 1. The molecule has 0 spiro atoms. The molecule has 2 aromatic rings. The Morgan fingerprint density at radius 3 is 2.35 bits per heavy atom. The Morgan fingerprint density at radius 1 is 1.20 bits per heavy atom. The van der Waals surface area contributed by atoms with Crippen molar-refractivity contribution in [2.45, 2.75) is 33.7 Å². The largest absolute Gasteiger partial charge is 0.344 e. The molecule has 1 amide bonds. The normalized spacial score (nSPS) is 12.4. The molecule has 1 heterocycles. The van der Waals surface area contributed by atoms with Crippen LogP contribution in [0.4, 0.5) is 0 Å². The van der Waals surface area contributed by atoms with Crippen molar-refractivity contribution in [1.82, 2.24) is 10.3 Å². The average molecular weight is 288 g/mol. The Labute approximate surface area is 124 Å². The molecule has 0 bridgehead atoms. The first-order valence-corrected chi connectivity index (χ1v) is 7.60. The topological polar surface area (TPSA) is 42.0 Å². The highest BCUT2D eigenvalue weighted by atomic mass is 32.1. The van der Waals surface area contributed by atoms with Crippen molar-refractivity contribution in [2.24, 2.45) is 5.92 Å². The lowest BCUT2D eigenvalue weighted by atomic mass is 9.96. The molecule has 4 heteroatoms. The van der Waals surface area contributed by atoms with Gasteiger partial charge in [0, 0.05) is 0 Å². The average Bonchev–Trinajstić information content (AvgIpc) is 2.75. The molecule has 3 nitrogen and oxygen atoms in total.